The van der Waals surface area contributed by atoms with Crippen molar-refractivity contribution in [1.29, 1.82) is 0 Å². The van der Waals surface area contributed by atoms with Gasteiger partial charge >= 0.3 is 0 Å². The number of ether oxygens (including phenoxy) is 2. The summed E-state index contributed by atoms with van der Waals surface area (Å²) in [5.74, 6) is 0.626. The minimum Gasteiger partial charge on any atom is -0.473 e. The molecule has 1 N–H and O–H groups in total. The standard InChI is InChI=1S/C12H17N3O2/c1-8-6-16-7-11(13-8)10-4-5-12(15-14-10)17-9-2-3-9/h4-5,8-9,11,13H,2-3,6-7H2,1H3/t8-,11-/m0/s1. The molecule has 0 aromatic carbocycles. The lowest BCUT2D eigenvalue weighted by atomic mass is 10.1. The van der Waals surface area contributed by atoms with Gasteiger partial charge in [0, 0.05) is 12.1 Å². The Morgan fingerprint density at radius 3 is 2.82 bits per heavy atom. The topological polar surface area (TPSA) is 56.3 Å². The molecule has 1 aromatic heterocycles. The lowest BCUT2D eigenvalue weighted by Gasteiger charge is -2.28. The highest BCUT2D eigenvalue weighted by atomic mass is 16.5. The summed E-state index contributed by atoms with van der Waals surface area (Å²) in [5.41, 5.74) is 0.916. The van der Waals surface area contributed by atoms with E-state index >= 15 is 0 Å². The number of aromatic nitrogens is 2. The van der Waals surface area contributed by atoms with Crippen molar-refractivity contribution < 1.29 is 9.47 Å². The first kappa shape index (κ1) is 10.9. The molecule has 5 nitrogen and oxygen atoms in total. The van der Waals surface area contributed by atoms with Gasteiger partial charge in [0.1, 0.15) is 6.10 Å². The van der Waals surface area contributed by atoms with Crippen molar-refractivity contribution in [2.75, 3.05) is 13.2 Å². The van der Waals surface area contributed by atoms with E-state index in [0.29, 0.717) is 24.6 Å². The van der Waals surface area contributed by atoms with E-state index in [9.17, 15) is 0 Å². The lowest BCUT2D eigenvalue weighted by Crippen LogP contribution is -2.42. The fraction of sp³-hybridized carbons (Fsp3) is 0.667. The molecule has 1 aromatic rings. The van der Waals surface area contributed by atoms with E-state index in [1.54, 1.807) is 0 Å². The first-order valence-corrected chi connectivity index (χ1v) is 6.15. The van der Waals surface area contributed by atoms with E-state index < -0.39 is 0 Å². The molecule has 1 aliphatic carbocycles. The molecule has 0 amide bonds. The molecule has 0 radical (unpaired) electrons. The highest BCUT2D eigenvalue weighted by Gasteiger charge is 2.25. The smallest absolute Gasteiger partial charge is 0.233 e. The highest BCUT2D eigenvalue weighted by Crippen LogP contribution is 2.25. The van der Waals surface area contributed by atoms with Gasteiger partial charge in [-0.2, -0.15) is 5.10 Å². The van der Waals surface area contributed by atoms with Gasteiger partial charge in [-0.25, -0.2) is 0 Å². The maximum absolute atomic E-state index is 5.56. The van der Waals surface area contributed by atoms with Crippen LogP contribution in [0, 0.1) is 0 Å². The molecule has 1 aliphatic heterocycles. The average molecular weight is 235 g/mol. The van der Waals surface area contributed by atoms with Gasteiger partial charge < -0.3 is 14.8 Å². The van der Waals surface area contributed by atoms with Crippen LogP contribution in [0.4, 0.5) is 0 Å². The van der Waals surface area contributed by atoms with Crippen molar-refractivity contribution in [3.05, 3.63) is 17.8 Å². The molecular formula is C12H17N3O2. The summed E-state index contributed by atoms with van der Waals surface area (Å²) in [6.45, 7) is 3.51. The molecule has 2 atom stereocenters. The van der Waals surface area contributed by atoms with Crippen LogP contribution in [0.5, 0.6) is 5.88 Å². The number of morpholine rings is 1. The van der Waals surface area contributed by atoms with E-state index in [2.05, 4.69) is 22.4 Å². The minimum atomic E-state index is 0.140. The maximum Gasteiger partial charge on any atom is 0.233 e. The van der Waals surface area contributed by atoms with Crippen LogP contribution >= 0.6 is 0 Å². The zero-order chi connectivity index (χ0) is 11.7. The summed E-state index contributed by atoms with van der Waals surface area (Å²) < 4.78 is 11.1. The molecule has 2 fully saturated rings. The van der Waals surface area contributed by atoms with Crippen LogP contribution < -0.4 is 10.1 Å². The first-order valence-electron chi connectivity index (χ1n) is 6.15. The molecule has 3 rings (SSSR count). The molecule has 17 heavy (non-hydrogen) atoms. The van der Waals surface area contributed by atoms with Gasteiger partial charge in [0.25, 0.3) is 0 Å². The molecule has 92 valence electrons. The van der Waals surface area contributed by atoms with E-state index in [-0.39, 0.29) is 6.04 Å². The summed E-state index contributed by atoms with van der Waals surface area (Å²) in [6.07, 6.45) is 2.64. The van der Waals surface area contributed by atoms with Crippen LogP contribution in [-0.4, -0.2) is 35.6 Å². The Bertz CT molecular complexity index is 378. The number of nitrogens with zero attached hydrogens (tertiary/aromatic N) is 2. The van der Waals surface area contributed by atoms with E-state index in [4.69, 9.17) is 9.47 Å². The van der Waals surface area contributed by atoms with Crippen molar-refractivity contribution >= 4 is 0 Å². The summed E-state index contributed by atoms with van der Waals surface area (Å²) in [7, 11) is 0. The minimum absolute atomic E-state index is 0.140. The summed E-state index contributed by atoms with van der Waals surface area (Å²) in [5, 5.41) is 11.7. The van der Waals surface area contributed by atoms with Gasteiger partial charge in [-0.1, -0.05) is 0 Å². The van der Waals surface area contributed by atoms with Crippen molar-refractivity contribution in [2.24, 2.45) is 0 Å². The second kappa shape index (κ2) is 4.58. The molecule has 0 unspecified atom stereocenters. The van der Waals surface area contributed by atoms with E-state index in [1.165, 1.54) is 0 Å². The van der Waals surface area contributed by atoms with Crippen molar-refractivity contribution in [3.8, 4) is 5.88 Å². The predicted octanol–water partition coefficient (Wildman–Crippen LogP) is 1.07. The lowest BCUT2D eigenvalue weighted by molar-refractivity contribution is 0.0488. The van der Waals surface area contributed by atoms with Crippen LogP contribution in [0.1, 0.15) is 31.5 Å². The average Bonchev–Trinajstić information content (AvgIpc) is 3.14. The summed E-state index contributed by atoms with van der Waals surface area (Å²) in [4.78, 5) is 0. The van der Waals surface area contributed by atoms with Gasteiger partial charge in [0.2, 0.25) is 5.88 Å². The Hall–Kier alpha value is -1.20. The number of nitrogens with one attached hydrogen (secondary N) is 1. The zero-order valence-electron chi connectivity index (χ0n) is 9.93. The normalized spacial score (nSPS) is 29.0. The second-order valence-electron chi connectivity index (χ2n) is 4.77. The molecule has 5 heteroatoms. The van der Waals surface area contributed by atoms with Crippen molar-refractivity contribution in [1.82, 2.24) is 15.5 Å². The van der Waals surface area contributed by atoms with Crippen LogP contribution in [0.3, 0.4) is 0 Å². The maximum atomic E-state index is 5.56. The Morgan fingerprint density at radius 2 is 2.18 bits per heavy atom. The Balaban J connectivity index is 1.65. The Morgan fingerprint density at radius 1 is 1.29 bits per heavy atom. The molecule has 2 heterocycles. The SMILES string of the molecule is C[C@H]1COC[C@@H](c2ccc(OC3CC3)nn2)N1. The Kier molecular flexibility index (Phi) is 2.94. The van der Waals surface area contributed by atoms with Crippen LogP contribution in [-0.2, 0) is 4.74 Å². The van der Waals surface area contributed by atoms with Gasteiger partial charge in [-0.05, 0) is 25.8 Å². The van der Waals surface area contributed by atoms with Crippen LogP contribution in [0.25, 0.3) is 0 Å². The summed E-state index contributed by atoms with van der Waals surface area (Å²) in [6, 6.07) is 4.35. The van der Waals surface area contributed by atoms with Crippen LogP contribution in [0.15, 0.2) is 12.1 Å². The third-order valence-electron chi connectivity index (χ3n) is 2.97. The molecule has 1 saturated carbocycles. The molecular weight excluding hydrogens is 218 g/mol. The predicted molar refractivity (Wildman–Crippen MR) is 61.8 cm³/mol. The number of hydrogen-bond donors (Lipinski definition) is 1. The zero-order valence-corrected chi connectivity index (χ0v) is 9.93. The van der Waals surface area contributed by atoms with Gasteiger partial charge in [0.05, 0.1) is 24.9 Å². The van der Waals surface area contributed by atoms with Gasteiger partial charge in [-0.15, -0.1) is 5.10 Å². The summed E-state index contributed by atoms with van der Waals surface area (Å²) >= 11 is 0. The fourth-order valence-electron chi connectivity index (χ4n) is 1.91. The number of hydrogen-bond acceptors (Lipinski definition) is 5. The van der Waals surface area contributed by atoms with Gasteiger partial charge in [0.15, 0.2) is 0 Å². The molecule has 0 spiro atoms. The van der Waals surface area contributed by atoms with Gasteiger partial charge in [-0.3, -0.25) is 0 Å². The van der Waals surface area contributed by atoms with E-state index in [1.807, 2.05) is 12.1 Å². The molecule has 1 saturated heterocycles. The number of rotatable bonds is 3. The third kappa shape index (κ3) is 2.73. The van der Waals surface area contributed by atoms with E-state index in [0.717, 1.165) is 25.1 Å². The highest BCUT2D eigenvalue weighted by molar-refractivity contribution is 5.15. The van der Waals surface area contributed by atoms with Crippen molar-refractivity contribution in [2.45, 2.75) is 38.0 Å². The first-order chi connectivity index (χ1) is 8.31. The molecule has 0 bridgehead atoms. The monoisotopic (exact) mass is 235 g/mol. The molecule has 2 aliphatic rings. The third-order valence-corrected chi connectivity index (χ3v) is 2.97. The Labute approximate surface area is 101 Å². The second-order valence-corrected chi connectivity index (χ2v) is 4.77. The fourth-order valence-corrected chi connectivity index (χ4v) is 1.91. The van der Waals surface area contributed by atoms with Crippen LogP contribution in [0.2, 0.25) is 0 Å². The quantitative estimate of drug-likeness (QED) is 0.849. The largest absolute Gasteiger partial charge is 0.473 e. The van der Waals surface area contributed by atoms with Crippen molar-refractivity contribution in [3.63, 3.8) is 0 Å².